The van der Waals surface area contributed by atoms with Crippen molar-refractivity contribution in [2.45, 2.75) is 0 Å². The third kappa shape index (κ3) is 2.93. The molecule has 1 saturated heterocycles. The van der Waals surface area contributed by atoms with Crippen LogP contribution in [0, 0.1) is 0 Å². The number of hydrogen-bond donors (Lipinski definition) is 1. The highest BCUT2D eigenvalue weighted by Crippen LogP contribution is 2.32. The minimum absolute atomic E-state index is 0.194. The molecule has 0 atom stereocenters. The van der Waals surface area contributed by atoms with Gasteiger partial charge in [0.1, 0.15) is 17.1 Å². The molecule has 1 fully saturated rings. The number of nitrogens with zero attached hydrogens (tertiary/aromatic N) is 1. The Hall–Kier alpha value is -2.57. The Kier molecular flexibility index (Phi) is 4.17. The van der Waals surface area contributed by atoms with Gasteiger partial charge in [-0.15, -0.1) is 0 Å². The number of furan rings is 1. The lowest BCUT2D eigenvalue weighted by Crippen LogP contribution is -2.52. The van der Waals surface area contributed by atoms with E-state index in [2.05, 4.69) is 5.32 Å². The van der Waals surface area contributed by atoms with Crippen LogP contribution in [-0.4, -0.2) is 29.8 Å². The molecule has 1 aliphatic heterocycles. The largest absolute Gasteiger partial charge is 0.457 e. The Morgan fingerprint density at radius 2 is 1.88 bits per heavy atom. The Labute approximate surface area is 146 Å². The number of amides is 4. The van der Waals surface area contributed by atoms with Gasteiger partial charge in [-0.3, -0.25) is 19.8 Å². The van der Waals surface area contributed by atoms with E-state index in [1.807, 2.05) is 0 Å². The second-order valence-electron chi connectivity index (χ2n) is 5.01. The number of carbonyl (C=O) groups is 3. The molecule has 122 valence electrons. The van der Waals surface area contributed by atoms with Crippen molar-refractivity contribution >= 4 is 47.1 Å². The molecule has 2 aromatic rings. The number of hydrogen-bond acceptors (Lipinski definition) is 4. The van der Waals surface area contributed by atoms with Gasteiger partial charge in [0.15, 0.2) is 0 Å². The molecule has 0 spiro atoms. The maximum absolute atomic E-state index is 12.0. The van der Waals surface area contributed by atoms with Crippen molar-refractivity contribution in [1.29, 1.82) is 0 Å². The summed E-state index contributed by atoms with van der Waals surface area (Å²) < 4.78 is 5.61. The van der Waals surface area contributed by atoms with E-state index in [1.165, 1.54) is 13.1 Å². The van der Waals surface area contributed by atoms with E-state index in [-0.39, 0.29) is 11.3 Å². The van der Waals surface area contributed by atoms with Gasteiger partial charge < -0.3 is 4.42 Å². The highest BCUT2D eigenvalue weighted by Gasteiger charge is 2.33. The first-order chi connectivity index (χ1) is 11.4. The molecular formula is C16H10Cl2N2O4. The van der Waals surface area contributed by atoms with Gasteiger partial charge in [0.2, 0.25) is 0 Å². The van der Waals surface area contributed by atoms with Crippen LogP contribution in [0.15, 0.2) is 40.3 Å². The summed E-state index contributed by atoms with van der Waals surface area (Å²) in [4.78, 5) is 36.0. The second-order valence-corrected chi connectivity index (χ2v) is 5.85. The zero-order valence-electron chi connectivity index (χ0n) is 12.3. The Bertz CT molecular complexity index is 901. The molecule has 0 radical (unpaired) electrons. The number of halogens is 2. The monoisotopic (exact) mass is 364 g/mol. The summed E-state index contributed by atoms with van der Waals surface area (Å²) in [5.41, 5.74) is 0.428. The molecule has 8 heteroatoms. The van der Waals surface area contributed by atoms with Crippen LogP contribution in [0.2, 0.25) is 10.0 Å². The van der Waals surface area contributed by atoms with Crippen LogP contribution in [0.4, 0.5) is 4.79 Å². The molecule has 0 unspecified atom stereocenters. The zero-order chi connectivity index (χ0) is 17.4. The van der Waals surface area contributed by atoms with Gasteiger partial charge in [0.25, 0.3) is 11.8 Å². The predicted octanol–water partition coefficient (Wildman–Crippen LogP) is 3.35. The smallest absolute Gasteiger partial charge is 0.331 e. The molecule has 24 heavy (non-hydrogen) atoms. The topological polar surface area (TPSA) is 79.6 Å². The maximum atomic E-state index is 12.0. The Morgan fingerprint density at radius 3 is 2.58 bits per heavy atom. The van der Waals surface area contributed by atoms with Gasteiger partial charge in [0.05, 0.1) is 5.02 Å². The third-order valence-corrected chi connectivity index (χ3v) is 3.96. The number of imide groups is 2. The van der Waals surface area contributed by atoms with Crippen LogP contribution in [0.1, 0.15) is 5.76 Å². The standard InChI is InChI=1S/C16H10Cl2N2O4/c1-20-15(22)11(14(21)19-16(20)23)7-9-3-5-13(24-9)10-4-2-8(17)6-12(10)18/h2-7H,1H3,(H,19,21,23)/b11-7+. The van der Waals surface area contributed by atoms with Gasteiger partial charge in [-0.2, -0.15) is 0 Å². The van der Waals surface area contributed by atoms with Gasteiger partial charge in [-0.05, 0) is 36.4 Å². The molecule has 3 rings (SSSR count). The van der Waals surface area contributed by atoms with Crippen molar-refractivity contribution in [3.05, 3.63) is 51.7 Å². The summed E-state index contributed by atoms with van der Waals surface area (Å²) in [7, 11) is 1.28. The van der Waals surface area contributed by atoms with Crippen LogP contribution < -0.4 is 5.32 Å². The SMILES string of the molecule is CN1C(=O)NC(=O)/C(=C\c2ccc(-c3ccc(Cl)cc3Cl)o2)C1=O. The Balaban J connectivity index is 1.95. The summed E-state index contributed by atoms with van der Waals surface area (Å²) in [6.45, 7) is 0. The normalized spacial score (nSPS) is 16.7. The fourth-order valence-corrected chi connectivity index (χ4v) is 2.65. The third-order valence-electron chi connectivity index (χ3n) is 3.41. The molecule has 1 N–H and O–H groups in total. The molecule has 1 aliphatic rings. The number of rotatable bonds is 2. The van der Waals surface area contributed by atoms with E-state index < -0.39 is 17.8 Å². The lowest BCUT2D eigenvalue weighted by Gasteiger charge is -2.21. The van der Waals surface area contributed by atoms with E-state index in [0.717, 1.165) is 4.90 Å². The fourth-order valence-electron chi connectivity index (χ4n) is 2.15. The fraction of sp³-hybridized carbons (Fsp3) is 0.0625. The van der Waals surface area contributed by atoms with E-state index in [4.69, 9.17) is 27.6 Å². The first-order valence-electron chi connectivity index (χ1n) is 6.77. The minimum atomic E-state index is -0.773. The first kappa shape index (κ1) is 16.3. The molecule has 0 bridgehead atoms. The first-order valence-corrected chi connectivity index (χ1v) is 7.53. The summed E-state index contributed by atoms with van der Waals surface area (Å²) in [6.07, 6.45) is 1.27. The highest BCUT2D eigenvalue weighted by molar-refractivity contribution is 6.36. The number of barbiturate groups is 1. The number of urea groups is 1. The average molecular weight is 365 g/mol. The van der Waals surface area contributed by atoms with Crippen LogP contribution in [0.25, 0.3) is 17.4 Å². The summed E-state index contributed by atoms with van der Waals surface area (Å²) in [5.74, 6) is -0.745. The molecule has 6 nitrogen and oxygen atoms in total. The summed E-state index contributed by atoms with van der Waals surface area (Å²) in [6, 6.07) is 7.42. The van der Waals surface area contributed by atoms with Gasteiger partial charge in [-0.1, -0.05) is 23.2 Å². The van der Waals surface area contributed by atoms with Gasteiger partial charge >= 0.3 is 6.03 Å². The van der Waals surface area contributed by atoms with Crippen molar-refractivity contribution in [2.24, 2.45) is 0 Å². The maximum Gasteiger partial charge on any atom is 0.331 e. The summed E-state index contributed by atoms with van der Waals surface area (Å²) in [5, 5.41) is 2.97. The van der Waals surface area contributed by atoms with Crippen LogP contribution >= 0.6 is 23.2 Å². The molecule has 2 heterocycles. The molecule has 0 saturated carbocycles. The van der Waals surface area contributed by atoms with Crippen molar-refractivity contribution in [2.75, 3.05) is 7.05 Å². The van der Waals surface area contributed by atoms with Gasteiger partial charge in [-0.25, -0.2) is 4.79 Å². The van der Waals surface area contributed by atoms with E-state index in [9.17, 15) is 14.4 Å². The minimum Gasteiger partial charge on any atom is -0.457 e. The quantitative estimate of drug-likeness (QED) is 0.654. The van der Waals surface area contributed by atoms with Crippen molar-refractivity contribution in [1.82, 2.24) is 10.2 Å². The second kappa shape index (κ2) is 6.14. The van der Waals surface area contributed by atoms with Crippen molar-refractivity contribution in [3.8, 4) is 11.3 Å². The number of carbonyl (C=O) groups excluding carboxylic acids is 3. The van der Waals surface area contributed by atoms with E-state index in [0.29, 0.717) is 21.4 Å². The lowest BCUT2D eigenvalue weighted by atomic mass is 10.1. The Morgan fingerprint density at radius 1 is 1.12 bits per heavy atom. The summed E-state index contributed by atoms with van der Waals surface area (Å²) >= 11 is 12.0. The lowest BCUT2D eigenvalue weighted by molar-refractivity contribution is -0.129. The molecule has 1 aromatic heterocycles. The van der Waals surface area contributed by atoms with E-state index >= 15 is 0 Å². The zero-order valence-corrected chi connectivity index (χ0v) is 13.8. The van der Waals surface area contributed by atoms with Crippen molar-refractivity contribution in [3.63, 3.8) is 0 Å². The number of likely N-dealkylation sites (N-methyl/N-ethyl adjacent to an activating group) is 1. The highest BCUT2D eigenvalue weighted by atomic mass is 35.5. The van der Waals surface area contributed by atoms with Crippen LogP contribution in [0.3, 0.4) is 0 Å². The molecule has 1 aromatic carbocycles. The van der Waals surface area contributed by atoms with Crippen LogP contribution in [-0.2, 0) is 9.59 Å². The van der Waals surface area contributed by atoms with Gasteiger partial charge in [0, 0.05) is 17.6 Å². The molecular weight excluding hydrogens is 355 g/mol. The molecule has 0 aliphatic carbocycles. The van der Waals surface area contributed by atoms with Crippen molar-refractivity contribution < 1.29 is 18.8 Å². The number of benzene rings is 1. The molecule has 4 amide bonds. The predicted molar refractivity (Wildman–Crippen MR) is 88.4 cm³/mol. The van der Waals surface area contributed by atoms with E-state index in [1.54, 1.807) is 30.3 Å². The average Bonchev–Trinajstić information content (AvgIpc) is 2.98. The van der Waals surface area contributed by atoms with Crippen LogP contribution in [0.5, 0.6) is 0 Å². The number of nitrogens with one attached hydrogen (secondary N) is 1.